The molecule has 0 aliphatic rings. The first kappa shape index (κ1) is 7.06. The molecule has 0 radical (unpaired) electrons. The predicted molar refractivity (Wildman–Crippen MR) is 38.2 cm³/mol. The molecule has 0 bridgehead atoms. The Kier molecular flexibility index (Phi) is 1.90. The van der Waals surface area contributed by atoms with Gasteiger partial charge in [-0.05, 0) is 12.0 Å². The predicted octanol–water partition coefficient (Wildman–Crippen LogP) is 2.22. The lowest BCUT2D eigenvalue weighted by Gasteiger charge is -1.98. The van der Waals surface area contributed by atoms with Gasteiger partial charge < -0.3 is 4.42 Å². The van der Waals surface area contributed by atoms with Crippen LogP contribution in [-0.4, -0.2) is 6.29 Å². The number of hydrogen-bond donors (Lipinski definition) is 0. The zero-order chi connectivity index (χ0) is 7.56. The van der Waals surface area contributed by atoms with Crippen LogP contribution in [0.1, 0.15) is 35.9 Å². The first-order valence-corrected chi connectivity index (χ1v) is 3.28. The number of carbonyl (C=O) groups excluding carboxylic acids is 1. The van der Waals surface area contributed by atoms with Crippen LogP contribution < -0.4 is 0 Å². The van der Waals surface area contributed by atoms with Gasteiger partial charge in [-0.15, -0.1) is 0 Å². The fourth-order valence-corrected chi connectivity index (χ4v) is 0.904. The van der Waals surface area contributed by atoms with Crippen LogP contribution in [0.15, 0.2) is 16.7 Å². The summed E-state index contributed by atoms with van der Waals surface area (Å²) in [5, 5.41) is 0. The van der Waals surface area contributed by atoms with Gasteiger partial charge in [-0.25, -0.2) is 0 Å². The van der Waals surface area contributed by atoms with Crippen molar-refractivity contribution < 1.29 is 9.21 Å². The van der Waals surface area contributed by atoms with Gasteiger partial charge in [0, 0.05) is 5.56 Å². The molecule has 1 aromatic rings. The van der Waals surface area contributed by atoms with Crippen molar-refractivity contribution in [3.63, 3.8) is 0 Å². The fourth-order valence-electron chi connectivity index (χ4n) is 0.904. The van der Waals surface area contributed by atoms with E-state index in [9.17, 15) is 4.79 Å². The van der Waals surface area contributed by atoms with Crippen LogP contribution in [0, 0.1) is 0 Å². The minimum absolute atomic E-state index is 0.360. The van der Waals surface area contributed by atoms with Gasteiger partial charge >= 0.3 is 0 Å². The maximum absolute atomic E-state index is 10.3. The Morgan fingerprint density at radius 2 is 2.30 bits per heavy atom. The van der Waals surface area contributed by atoms with E-state index >= 15 is 0 Å². The molecule has 1 aromatic heterocycles. The molecule has 0 aliphatic carbocycles. The molecule has 10 heavy (non-hydrogen) atoms. The summed E-state index contributed by atoms with van der Waals surface area (Å²) in [4.78, 5) is 10.3. The summed E-state index contributed by atoms with van der Waals surface area (Å²) in [7, 11) is 0. The van der Waals surface area contributed by atoms with E-state index in [0.717, 1.165) is 11.8 Å². The molecule has 0 N–H and O–H groups in total. The van der Waals surface area contributed by atoms with Gasteiger partial charge in [-0.2, -0.15) is 0 Å². The molecule has 0 atom stereocenters. The second-order valence-corrected chi connectivity index (χ2v) is 2.51. The lowest BCUT2D eigenvalue weighted by molar-refractivity contribution is 0.109. The molecule has 0 amide bonds. The molecule has 1 rings (SSSR count). The highest BCUT2D eigenvalue weighted by atomic mass is 16.3. The molecular weight excluding hydrogens is 128 g/mol. The smallest absolute Gasteiger partial charge is 0.185 e. The molecule has 0 fully saturated rings. The van der Waals surface area contributed by atoms with E-state index in [-0.39, 0.29) is 0 Å². The Labute approximate surface area is 59.8 Å². The minimum Gasteiger partial charge on any atom is -0.461 e. The van der Waals surface area contributed by atoms with E-state index in [2.05, 4.69) is 0 Å². The first-order valence-electron chi connectivity index (χ1n) is 3.28. The first-order chi connectivity index (χ1) is 4.75. The van der Waals surface area contributed by atoms with E-state index < -0.39 is 0 Å². The highest BCUT2D eigenvalue weighted by Gasteiger charge is 2.07. The maximum atomic E-state index is 10.3. The lowest BCUT2D eigenvalue weighted by atomic mass is 10.1. The van der Waals surface area contributed by atoms with Crippen LogP contribution in [0.5, 0.6) is 0 Å². The molecule has 0 aromatic carbocycles. The summed E-state index contributed by atoms with van der Waals surface area (Å²) >= 11 is 0. The number of aldehydes is 1. The average molecular weight is 138 g/mol. The Balaban J connectivity index is 3.01. The number of hydrogen-bond acceptors (Lipinski definition) is 2. The molecular formula is C8H10O2. The molecule has 2 nitrogen and oxygen atoms in total. The van der Waals surface area contributed by atoms with Gasteiger partial charge in [0.15, 0.2) is 12.0 Å². The maximum Gasteiger partial charge on any atom is 0.185 e. The Hall–Kier alpha value is -1.05. The van der Waals surface area contributed by atoms with Gasteiger partial charge in [0.2, 0.25) is 0 Å². The third kappa shape index (κ3) is 1.10. The summed E-state index contributed by atoms with van der Waals surface area (Å²) in [6, 6.07) is 1.83. The van der Waals surface area contributed by atoms with E-state index in [1.807, 2.05) is 19.9 Å². The van der Waals surface area contributed by atoms with E-state index in [0.29, 0.717) is 11.7 Å². The normalized spacial score (nSPS) is 10.3. The SMILES string of the molecule is CC(C)c1ccoc1C=O. The molecule has 1 heterocycles. The minimum atomic E-state index is 0.360. The van der Waals surface area contributed by atoms with Crippen molar-refractivity contribution in [3.8, 4) is 0 Å². The third-order valence-corrected chi connectivity index (χ3v) is 1.46. The lowest BCUT2D eigenvalue weighted by Crippen LogP contribution is -1.88. The van der Waals surface area contributed by atoms with Crippen LogP contribution in [0.3, 0.4) is 0 Å². The summed E-state index contributed by atoms with van der Waals surface area (Å²) in [5.41, 5.74) is 0.981. The zero-order valence-electron chi connectivity index (χ0n) is 6.13. The Bertz CT molecular complexity index is 223. The molecule has 2 heteroatoms. The Morgan fingerprint density at radius 1 is 1.60 bits per heavy atom. The number of carbonyl (C=O) groups is 1. The topological polar surface area (TPSA) is 30.2 Å². The van der Waals surface area contributed by atoms with E-state index in [1.54, 1.807) is 6.26 Å². The van der Waals surface area contributed by atoms with Gasteiger partial charge in [0.05, 0.1) is 6.26 Å². The summed E-state index contributed by atoms with van der Waals surface area (Å²) in [6.07, 6.45) is 2.29. The van der Waals surface area contributed by atoms with Crippen LogP contribution in [0.2, 0.25) is 0 Å². The molecule has 0 saturated carbocycles. The van der Waals surface area contributed by atoms with E-state index in [1.165, 1.54) is 0 Å². The third-order valence-electron chi connectivity index (χ3n) is 1.46. The van der Waals surface area contributed by atoms with Crippen molar-refractivity contribution in [3.05, 3.63) is 23.7 Å². The number of rotatable bonds is 2. The Morgan fingerprint density at radius 3 is 2.70 bits per heavy atom. The molecule has 0 spiro atoms. The highest BCUT2D eigenvalue weighted by molar-refractivity contribution is 5.73. The fraction of sp³-hybridized carbons (Fsp3) is 0.375. The summed E-state index contributed by atoms with van der Waals surface area (Å²) in [6.45, 7) is 4.05. The molecule has 0 aliphatic heterocycles. The van der Waals surface area contributed by atoms with Gasteiger partial charge in [0.25, 0.3) is 0 Å². The average Bonchev–Trinajstić information content (AvgIpc) is 2.33. The van der Waals surface area contributed by atoms with Crippen molar-refractivity contribution in [1.29, 1.82) is 0 Å². The monoisotopic (exact) mass is 138 g/mol. The van der Waals surface area contributed by atoms with Gasteiger partial charge in [-0.3, -0.25) is 4.79 Å². The van der Waals surface area contributed by atoms with Gasteiger partial charge in [0.1, 0.15) is 0 Å². The van der Waals surface area contributed by atoms with Crippen molar-refractivity contribution in [2.45, 2.75) is 19.8 Å². The van der Waals surface area contributed by atoms with Crippen molar-refractivity contribution >= 4 is 6.29 Å². The molecule has 0 saturated heterocycles. The van der Waals surface area contributed by atoms with Crippen LogP contribution >= 0.6 is 0 Å². The second-order valence-electron chi connectivity index (χ2n) is 2.51. The van der Waals surface area contributed by atoms with Crippen molar-refractivity contribution in [2.75, 3.05) is 0 Å². The molecule has 54 valence electrons. The largest absolute Gasteiger partial charge is 0.461 e. The number of furan rings is 1. The van der Waals surface area contributed by atoms with Crippen LogP contribution in [0.25, 0.3) is 0 Å². The van der Waals surface area contributed by atoms with Crippen LogP contribution in [-0.2, 0) is 0 Å². The molecule has 0 unspecified atom stereocenters. The standard InChI is InChI=1S/C8H10O2/c1-6(2)7-3-4-10-8(7)5-9/h3-6H,1-2H3. The van der Waals surface area contributed by atoms with Crippen LogP contribution in [0.4, 0.5) is 0 Å². The zero-order valence-corrected chi connectivity index (χ0v) is 6.13. The van der Waals surface area contributed by atoms with Gasteiger partial charge in [-0.1, -0.05) is 13.8 Å². The van der Waals surface area contributed by atoms with Crippen molar-refractivity contribution in [2.24, 2.45) is 0 Å². The summed E-state index contributed by atoms with van der Waals surface area (Å²) < 4.78 is 4.91. The van der Waals surface area contributed by atoms with Crippen molar-refractivity contribution in [1.82, 2.24) is 0 Å². The quantitative estimate of drug-likeness (QED) is 0.586. The highest BCUT2D eigenvalue weighted by Crippen LogP contribution is 2.18. The van der Waals surface area contributed by atoms with E-state index in [4.69, 9.17) is 4.42 Å². The summed E-state index contributed by atoms with van der Waals surface area (Å²) in [5.74, 6) is 0.814. The second kappa shape index (κ2) is 2.69.